The lowest BCUT2D eigenvalue weighted by Gasteiger charge is -2.22. The number of benzene rings is 3. The van der Waals surface area contributed by atoms with Crippen molar-refractivity contribution in [2.45, 2.75) is 44.6 Å². The lowest BCUT2D eigenvalue weighted by Crippen LogP contribution is -2.05. The first-order valence-corrected chi connectivity index (χ1v) is 12.7. The normalized spacial score (nSPS) is 14.4. The number of hydrogen-bond acceptors (Lipinski definition) is 3. The van der Waals surface area contributed by atoms with Crippen LogP contribution < -0.4 is 4.74 Å². The lowest BCUT2D eigenvalue weighted by atomic mass is 9.82. The van der Waals surface area contributed by atoms with E-state index in [9.17, 15) is 4.79 Å². The van der Waals surface area contributed by atoms with Crippen LogP contribution in [-0.4, -0.2) is 23.0 Å². The van der Waals surface area contributed by atoms with E-state index in [0.29, 0.717) is 18.1 Å². The molecule has 5 aromatic rings. The van der Waals surface area contributed by atoms with Gasteiger partial charge >= 0.3 is 5.97 Å². The fourth-order valence-electron chi connectivity index (χ4n) is 5.56. The van der Waals surface area contributed by atoms with E-state index in [-0.39, 0.29) is 5.97 Å². The number of H-pyrrole nitrogens is 2. The molecule has 2 N–H and O–H groups in total. The predicted octanol–water partition coefficient (Wildman–Crippen LogP) is 7.73. The minimum absolute atomic E-state index is 0.319. The largest absolute Gasteiger partial charge is 0.489 e. The van der Waals surface area contributed by atoms with E-state index >= 15 is 0 Å². The summed E-state index contributed by atoms with van der Waals surface area (Å²) >= 11 is 0. The average molecular weight is 479 g/mol. The second-order valence-electron chi connectivity index (χ2n) is 9.71. The van der Waals surface area contributed by atoms with Gasteiger partial charge in [0.05, 0.1) is 24.1 Å². The Kier molecular flexibility index (Phi) is 5.98. The third-order valence-corrected chi connectivity index (χ3v) is 7.38. The molecule has 1 aliphatic carbocycles. The van der Waals surface area contributed by atoms with Gasteiger partial charge in [-0.05, 0) is 60.2 Å². The molecule has 0 aliphatic heterocycles. The minimum Gasteiger partial charge on any atom is -0.489 e. The summed E-state index contributed by atoms with van der Waals surface area (Å²) in [6.07, 6.45) is 6.20. The van der Waals surface area contributed by atoms with Crippen LogP contribution in [0.4, 0.5) is 0 Å². The molecule has 36 heavy (non-hydrogen) atoms. The fourth-order valence-corrected chi connectivity index (χ4v) is 5.56. The van der Waals surface area contributed by atoms with E-state index in [4.69, 9.17) is 9.47 Å². The molecular weight excluding hydrogens is 448 g/mol. The Balaban J connectivity index is 1.39. The van der Waals surface area contributed by atoms with E-state index < -0.39 is 0 Å². The maximum atomic E-state index is 12.2. The van der Waals surface area contributed by atoms with Gasteiger partial charge in [-0.2, -0.15) is 0 Å². The van der Waals surface area contributed by atoms with Crippen LogP contribution in [-0.2, 0) is 11.3 Å². The Morgan fingerprint density at radius 3 is 2.53 bits per heavy atom. The highest BCUT2D eigenvalue weighted by Crippen LogP contribution is 2.43. The van der Waals surface area contributed by atoms with Gasteiger partial charge in [0.15, 0.2) is 0 Å². The predicted molar refractivity (Wildman–Crippen MR) is 144 cm³/mol. The number of methoxy groups -OCH3 is 1. The summed E-state index contributed by atoms with van der Waals surface area (Å²) in [5, 5.41) is 2.33. The molecule has 0 bridgehead atoms. The van der Waals surface area contributed by atoms with Crippen LogP contribution in [0.1, 0.15) is 59.5 Å². The van der Waals surface area contributed by atoms with Crippen LogP contribution in [0.5, 0.6) is 5.75 Å². The van der Waals surface area contributed by atoms with Gasteiger partial charge in [0, 0.05) is 27.9 Å². The molecule has 182 valence electrons. The van der Waals surface area contributed by atoms with Crippen molar-refractivity contribution < 1.29 is 14.3 Å². The van der Waals surface area contributed by atoms with Crippen LogP contribution in [0, 0.1) is 0 Å². The van der Waals surface area contributed by atoms with Gasteiger partial charge in [0.25, 0.3) is 0 Å². The molecule has 1 saturated carbocycles. The summed E-state index contributed by atoms with van der Waals surface area (Å²) in [4.78, 5) is 19.4. The number of hydrogen-bond donors (Lipinski definition) is 2. The van der Waals surface area contributed by atoms with Crippen LogP contribution >= 0.6 is 0 Å². The molecule has 1 aliphatic rings. The average Bonchev–Trinajstić information content (AvgIpc) is 3.53. The number of esters is 1. The molecule has 6 rings (SSSR count). The Morgan fingerprint density at radius 1 is 0.889 bits per heavy atom. The molecule has 0 amide bonds. The Morgan fingerprint density at radius 2 is 1.72 bits per heavy atom. The van der Waals surface area contributed by atoms with Crippen LogP contribution in [0.3, 0.4) is 0 Å². The third-order valence-electron chi connectivity index (χ3n) is 7.38. The zero-order valence-corrected chi connectivity index (χ0v) is 20.5. The number of nitrogens with one attached hydrogen (secondary N) is 2. The number of aromatic nitrogens is 2. The quantitative estimate of drug-likeness (QED) is 0.245. The van der Waals surface area contributed by atoms with Crippen molar-refractivity contribution in [3.8, 4) is 17.1 Å². The monoisotopic (exact) mass is 478 g/mol. The van der Waals surface area contributed by atoms with Crippen molar-refractivity contribution in [2.24, 2.45) is 0 Å². The maximum Gasteiger partial charge on any atom is 0.337 e. The standard InChI is InChI=1S/C31H30N2O3/c1-35-31(34)23-13-15-25-27(17-23)33-30(29(25)21-10-6-3-7-11-21)28-16-22-12-14-24(18-26(22)32-28)36-19-20-8-4-2-5-9-20/h2,4-5,8-9,12-18,21,32-33H,3,6-7,10-11,19H2,1H3. The summed E-state index contributed by atoms with van der Waals surface area (Å²) in [7, 11) is 1.42. The Hall–Kier alpha value is -3.99. The zero-order chi connectivity index (χ0) is 24.5. The van der Waals surface area contributed by atoms with Gasteiger partial charge in [-0.3, -0.25) is 0 Å². The first-order valence-electron chi connectivity index (χ1n) is 12.7. The van der Waals surface area contributed by atoms with E-state index in [1.165, 1.54) is 50.2 Å². The van der Waals surface area contributed by atoms with Crippen LogP contribution in [0.25, 0.3) is 33.2 Å². The number of rotatable bonds is 6. The first-order chi connectivity index (χ1) is 17.7. The molecule has 0 spiro atoms. The smallest absolute Gasteiger partial charge is 0.337 e. The number of aromatic amines is 2. The van der Waals surface area contributed by atoms with Crippen molar-refractivity contribution in [3.05, 3.63) is 89.5 Å². The zero-order valence-electron chi connectivity index (χ0n) is 20.5. The summed E-state index contributed by atoms with van der Waals surface area (Å²) in [5.74, 6) is 1.02. The van der Waals surface area contributed by atoms with Gasteiger partial charge in [-0.15, -0.1) is 0 Å². The van der Waals surface area contributed by atoms with E-state index in [1.807, 2.05) is 36.4 Å². The highest BCUT2D eigenvalue weighted by atomic mass is 16.5. The maximum absolute atomic E-state index is 12.2. The molecule has 5 nitrogen and oxygen atoms in total. The van der Waals surface area contributed by atoms with Gasteiger partial charge < -0.3 is 19.4 Å². The number of fused-ring (bicyclic) bond motifs is 2. The van der Waals surface area contributed by atoms with Gasteiger partial charge in [0.2, 0.25) is 0 Å². The van der Waals surface area contributed by atoms with E-state index in [0.717, 1.165) is 39.1 Å². The van der Waals surface area contributed by atoms with E-state index in [2.05, 4.69) is 46.4 Å². The molecule has 0 saturated heterocycles. The summed E-state index contributed by atoms with van der Waals surface area (Å²) in [6.45, 7) is 0.538. The highest BCUT2D eigenvalue weighted by Gasteiger charge is 2.25. The number of carbonyl (C=O) groups is 1. The molecule has 0 atom stereocenters. The summed E-state index contributed by atoms with van der Waals surface area (Å²) in [6, 6.07) is 24.5. The SMILES string of the molecule is COC(=O)c1ccc2c(C3CCCCC3)c(-c3cc4ccc(OCc5ccccc5)cc4[nH]3)[nH]c2c1. The van der Waals surface area contributed by atoms with E-state index in [1.54, 1.807) is 0 Å². The number of carbonyl (C=O) groups excluding carboxylic acids is 1. The second kappa shape index (κ2) is 9.57. The topological polar surface area (TPSA) is 67.1 Å². The van der Waals surface area contributed by atoms with Gasteiger partial charge in [-0.1, -0.05) is 55.7 Å². The summed E-state index contributed by atoms with van der Waals surface area (Å²) < 4.78 is 11.0. The molecule has 3 aromatic carbocycles. The van der Waals surface area contributed by atoms with Crippen molar-refractivity contribution >= 4 is 27.8 Å². The van der Waals surface area contributed by atoms with Crippen molar-refractivity contribution in [1.82, 2.24) is 9.97 Å². The first kappa shape index (κ1) is 22.5. The Bertz CT molecular complexity index is 1520. The van der Waals surface area contributed by atoms with Crippen molar-refractivity contribution in [1.29, 1.82) is 0 Å². The molecule has 5 heteroatoms. The van der Waals surface area contributed by atoms with Crippen LogP contribution in [0.2, 0.25) is 0 Å². The number of ether oxygens (including phenoxy) is 2. The van der Waals surface area contributed by atoms with Gasteiger partial charge in [0.1, 0.15) is 12.4 Å². The highest BCUT2D eigenvalue weighted by molar-refractivity contribution is 5.99. The Labute approximate surface area is 210 Å². The van der Waals surface area contributed by atoms with Crippen molar-refractivity contribution in [3.63, 3.8) is 0 Å². The molecular formula is C31H30N2O3. The van der Waals surface area contributed by atoms with Gasteiger partial charge in [-0.25, -0.2) is 4.79 Å². The summed E-state index contributed by atoms with van der Waals surface area (Å²) in [5.41, 5.74) is 7.24. The lowest BCUT2D eigenvalue weighted by molar-refractivity contribution is 0.0601. The molecule has 2 heterocycles. The van der Waals surface area contributed by atoms with Crippen molar-refractivity contribution in [2.75, 3.05) is 7.11 Å². The molecule has 0 radical (unpaired) electrons. The molecule has 1 fully saturated rings. The third kappa shape index (κ3) is 4.26. The molecule has 0 unspecified atom stereocenters. The fraction of sp³-hybridized carbons (Fsp3) is 0.258. The molecule has 2 aromatic heterocycles. The second-order valence-corrected chi connectivity index (χ2v) is 9.71. The van der Waals surface area contributed by atoms with Crippen LogP contribution in [0.15, 0.2) is 72.8 Å². The minimum atomic E-state index is -0.319.